The quantitative estimate of drug-likeness (QED) is 0.630. The summed E-state index contributed by atoms with van der Waals surface area (Å²) < 4.78 is 5.25. The van der Waals surface area contributed by atoms with Gasteiger partial charge in [0.1, 0.15) is 0 Å². The summed E-state index contributed by atoms with van der Waals surface area (Å²) in [5.74, 6) is 1.35. The molecule has 2 N–H and O–H groups in total. The predicted octanol–water partition coefficient (Wildman–Crippen LogP) is 3.00. The van der Waals surface area contributed by atoms with E-state index in [0.29, 0.717) is 19.0 Å². The molecule has 0 saturated heterocycles. The average Bonchev–Trinajstić information content (AvgIpc) is 2.57. The van der Waals surface area contributed by atoms with Gasteiger partial charge < -0.3 is 15.4 Å². The molecule has 2 aromatic rings. The Labute approximate surface area is 141 Å². The fourth-order valence-corrected chi connectivity index (χ4v) is 2.28. The fourth-order valence-electron chi connectivity index (χ4n) is 2.07. The van der Waals surface area contributed by atoms with Gasteiger partial charge in [-0.15, -0.1) is 0 Å². The van der Waals surface area contributed by atoms with Gasteiger partial charge in [-0.1, -0.05) is 29.8 Å². The summed E-state index contributed by atoms with van der Waals surface area (Å²) in [6.07, 6.45) is 1.71. The molecular weight excluding hydrogens is 312 g/mol. The van der Waals surface area contributed by atoms with Crippen molar-refractivity contribution in [3.8, 4) is 5.88 Å². The Hall–Kier alpha value is -2.27. The van der Waals surface area contributed by atoms with Crippen molar-refractivity contribution in [2.24, 2.45) is 4.99 Å². The first-order valence-electron chi connectivity index (χ1n) is 7.47. The lowest BCUT2D eigenvalue weighted by Crippen LogP contribution is -2.36. The maximum absolute atomic E-state index is 6.00. The van der Waals surface area contributed by atoms with Crippen LogP contribution in [0.1, 0.15) is 18.1 Å². The third-order valence-electron chi connectivity index (χ3n) is 3.14. The van der Waals surface area contributed by atoms with Crippen LogP contribution in [0.2, 0.25) is 5.02 Å². The summed E-state index contributed by atoms with van der Waals surface area (Å²) >= 11 is 6.00. The molecule has 2 rings (SSSR count). The average molecular weight is 333 g/mol. The van der Waals surface area contributed by atoms with Gasteiger partial charge in [-0.25, -0.2) is 9.98 Å². The highest BCUT2D eigenvalue weighted by molar-refractivity contribution is 6.30. The zero-order valence-electron chi connectivity index (χ0n) is 13.3. The zero-order valence-corrected chi connectivity index (χ0v) is 14.1. The smallest absolute Gasteiger partial charge is 0.218 e. The number of methoxy groups -OCH3 is 1. The molecule has 0 aliphatic heterocycles. The van der Waals surface area contributed by atoms with Gasteiger partial charge in [0.05, 0.1) is 13.7 Å². The molecule has 0 saturated carbocycles. The van der Waals surface area contributed by atoms with Gasteiger partial charge in [0, 0.05) is 29.9 Å². The number of hydrogen-bond acceptors (Lipinski definition) is 3. The Balaban J connectivity index is 2.01. The topological polar surface area (TPSA) is 58.5 Å². The molecule has 5 nitrogen and oxygen atoms in total. The third kappa shape index (κ3) is 5.45. The molecular formula is C17H21ClN4O. The zero-order chi connectivity index (χ0) is 16.5. The van der Waals surface area contributed by atoms with Gasteiger partial charge >= 0.3 is 0 Å². The van der Waals surface area contributed by atoms with Crippen LogP contribution >= 0.6 is 11.6 Å². The van der Waals surface area contributed by atoms with Crippen LogP contribution in [0, 0.1) is 0 Å². The molecule has 0 aliphatic rings. The number of nitrogens with one attached hydrogen (secondary N) is 2. The second-order valence-corrected chi connectivity index (χ2v) is 5.29. The summed E-state index contributed by atoms with van der Waals surface area (Å²) in [5, 5.41) is 7.22. The van der Waals surface area contributed by atoms with E-state index in [1.54, 1.807) is 13.3 Å². The predicted molar refractivity (Wildman–Crippen MR) is 93.9 cm³/mol. The van der Waals surface area contributed by atoms with Crippen molar-refractivity contribution in [2.45, 2.75) is 20.0 Å². The number of aliphatic imine (C=N–C) groups is 1. The molecule has 6 heteroatoms. The molecule has 1 aromatic carbocycles. The van der Waals surface area contributed by atoms with Gasteiger partial charge in [0.2, 0.25) is 5.88 Å². The molecule has 0 amide bonds. The van der Waals surface area contributed by atoms with Gasteiger partial charge in [0.25, 0.3) is 0 Å². The Kier molecular flexibility index (Phi) is 6.69. The summed E-state index contributed by atoms with van der Waals surface area (Å²) in [5.41, 5.74) is 2.04. The lowest BCUT2D eigenvalue weighted by Gasteiger charge is -2.12. The van der Waals surface area contributed by atoms with E-state index in [4.69, 9.17) is 16.3 Å². The van der Waals surface area contributed by atoms with Crippen molar-refractivity contribution in [1.82, 2.24) is 15.6 Å². The van der Waals surface area contributed by atoms with Crippen molar-refractivity contribution in [3.05, 3.63) is 58.7 Å². The minimum atomic E-state index is 0.556. The second kappa shape index (κ2) is 9.00. The number of guanidine groups is 1. The van der Waals surface area contributed by atoms with Gasteiger partial charge in [-0.2, -0.15) is 0 Å². The summed E-state index contributed by atoms with van der Waals surface area (Å²) in [4.78, 5) is 8.76. The van der Waals surface area contributed by atoms with Crippen molar-refractivity contribution in [1.29, 1.82) is 0 Å². The number of ether oxygens (including phenoxy) is 1. The van der Waals surface area contributed by atoms with Crippen LogP contribution in [0.5, 0.6) is 5.88 Å². The molecule has 0 unspecified atom stereocenters. The van der Waals surface area contributed by atoms with E-state index in [2.05, 4.69) is 20.6 Å². The van der Waals surface area contributed by atoms with Crippen LogP contribution in [0.3, 0.4) is 0 Å². The van der Waals surface area contributed by atoms with Crippen molar-refractivity contribution in [3.63, 3.8) is 0 Å². The number of aromatic nitrogens is 1. The van der Waals surface area contributed by atoms with Crippen LogP contribution in [0.15, 0.2) is 47.6 Å². The Morgan fingerprint density at radius 3 is 2.87 bits per heavy atom. The first-order chi connectivity index (χ1) is 11.2. The molecule has 23 heavy (non-hydrogen) atoms. The highest BCUT2D eigenvalue weighted by Gasteiger charge is 2.04. The monoisotopic (exact) mass is 332 g/mol. The third-order valence-corrected chi connectivity index (χ3v) is 3.38. The summed E-state index contributed by atoms with van der Waals surface area (Å²) in [7, 11) is 1.62. The molecule has 0 aliphatic carbocycles. The summed E-state index contributed by atoms with van der Waals surface area (Å²) in [6.45, 7) is 3.95. The lowest BCUT2D eigenvalue weighted by atomic mass is 10.2. The molecule has 0 fully saturated rings. The highest BCUT2D eigenvalue weighted by atomic mass is 35.5. The van der Waals surface area contributed by atoms with E-state index in [1.165, 1.54) is 0 Å². The minimum Gasteiger partial charge on any atom is -0.481 e. The molecule has 122 valence electrons. The van der Waals surface area contributed by atoms with E-state index in [9.17, 15) is 0 Å². The van der Waals surface area contributed by atoms with Crippen LogP contribution in [-0.4, -0.2) is 24.6 Å². The normalized spacial score (nSPS) is 11.2. The number of benzene rings is 1. The fraction of sp³-hybridized carbons (Fsp3) is 0.294. The number of halogens is 1. The first kappa shape index (κ1) is 17.1. The molecule has 1 heterocycles. The van der Waals surface area contributed by atoms with Crippen LogP contribution in [0.4, 0.5) is 0 Å². The highest BCUT2D eigenvalue weighted by Crippen LogP contribution is 2.13. The molecule has 0 atom stereocenters. The summed E-state index contributed by atoms with van der Waals surface area (Å²) in [6, 6.07) is 11.6. The van der Waals surface area contributed by atoms with Crippen LogP contribution < -0.4 is 15.4 Å². The molecule has 0 spiro atoms. The molecule has 0 bridgehead atoms. The number of nitrogens with zero attached hydrogens (tertiary/aromatic N) is 2. The second-order valence-electron chi connectivity index (χ2n) is 4.85. The molecule has 0 radical (unpaired) electrons. The molecule has 1 aromatic heterocycles. The number of hydrogen-bond donors (Lipinski definition) is 2. The van der Waals surface area contributed by atoms with Crippen molar-refractivity contribution >= 4 is 17.6 Å². The Morgan fingerprint density at radius 2 is 2.13 bits per heavy atom. The maximum Gasteiger partial charge on any atom is 0.218 e. The van der Waals surface area contributed by atoms with Gasteiger partial charge in [-0.05, 0) is 30.7 Å². The van der Waals surface area contributed by atoms with E-state index in [1.807, 2.05) is 43.3 Å². The standard InChI is InChI=1S/C17H21ClN4O/c1-3-19-17(21-11-13-6-4-8-15(18)10-13)22-12-14-7-5-9-20-16(14)23-2/h4-10H,3,11-12H2,1-2H3,(H2,19,21,22). The largest absolute Gasteiger partial charge is 0.481 e. The van der Waals surface area contributed by atoms with Crippen LogP contribution in [-0.2, 0) is 13.1 Å². The SMILES string of the molecule is CCNC(=NCc1cccc(Cl)c1)NCc1cccnc1OC. The van der Waals surface area contributed by atoms with E-state index >= 15 is 0 Å². The lowest BCUT2D eigenvalue weighted by molar-refractivity contribution is 0.392. The number of rotatable bonds is 6. The minimum absolute atomic E-state index is 0.556. The Morgan fingerprint density at radius 1 is 1.26 bits per heavy atom. The number of pyridine rings is 1. The Bertz CT molecular complexity index is 661. The van der Waals surface area contributed by atoms with Crippen molar-refractivity contribution < 1.29 is 4.74 Å². The van der Waals surface area contributed by atoms with Gasteiger partial charge in [0.15, 0.2) is 5.96 Å². The van der Waals surface area contributed by atoms with E-state index in [0.717, 1.165) is 28.7 Å². The first-order valence-corrected chi connectivity index (χ1v) is 7.85. The van der Waals surface area contributed by atoms with E-state index < -0.39 is 0 Å². The maximum atomic E-state index is 6.00. The van der Waals surface area contributed by atoms with Crippen molar-refractivity contribution in [2.75, 3.05) is 13.7 Å². The van der Waals surface area contributed by atoms with Crippen LogP contribution in [0.25, 0.3) is 0 Å². The van der Waals surface area contributed by atoms with E-state index in [-0.39, 0.29) is 0 Å². The van der Waals surface area contributed by atoms with Gasteiger partial charge in [-0.3, -0.25) is 0 Å².